The fourth-order valence-electron chi connectivity index (χ4n) is 1.45. The number of pyridine rings is 1. The van der Waals surface area contributed by atoms with E-state index in [2.05, 4.69) is 33.6 Å². The van der Waals surface area contributed by atoms with Crippen LogP contribution in [0.1, 0.15) is 9.62 Å². The second kappa shape index (κ2) is 4.66. The first kappa shape index (κ1) is 11.1. The molecule has 0 spiro atoms. The number of fused-ring (bicyclic) bond motifs is 1. The smallest absolute Gasteiger partial charge is 0.140 e. The van der Waals surface area contributed by atoms with Crippen molar-refractivity contribution in [3.8, 4) is 11.8 Å². The third-order valence-corrected chi connectivity index (χ3v) is 3.21. The zero-order chi connectivity index (χ0) is 11.5. The molecule has 16 heavy (non-hydrogen) atoms. The van der Waals surface area contributed by atoms with Crippen LogP contribution in [0.25, 0.3) is 10.9 Å². The molecule has 0 saturated carbocycles. The monoisotopic (exact) mass is 324 g/mol. The summed E-state index contributed by atoms with van der Waals surface area (Å²) in [6.45, 7) is 0. The topological polar surface area (TPSA) is 45.9 Å². The zero-order valence-corrected chi connectivity index (χ0v) is 10.8. The van der Waals surface area contributed by atoms with Crippen molar-refractivity contribution in [2.75, 3.05) is 7.11 Å². The van der Waals surface area contributed by atoms with Crippen LogP contribution in [0.5, 0.6) is 5.75 Å². The van der Waals surface area contributed by atoms with Gasteiger partial charge in [0.25, 0.3) is 0 Å². The van der Waals surface area contributed by atoms with E-state index in [0.29, 0.717) is 0 Å². The molecule has 80 valence electrons. The molecular formula is C12H9IN2O. The molecule has 0 aliphatic heterocycles. The van der Waals surface area contributed by atoms with E-state index < -0.39 is 0 Å². The minimum absolute atomic E-state index is 0.215. The molecular weight excluding hydrogens is 315 g/mol. The molecule has 1 atom stereocenters. The van der Waals surface area contributed by atoms with Gasteiger partial charge < -0.3 is 4.74 Å². The molecule has 0 bridgehead atoms. The van der Waals surface area contributed by atoms with Crippen LogP contribution in [0.2, 0.25) is 0 Å². The predicted octanol–water partition coefficient (Wildman–Crippen LogP) is 3.24. The number of nitrogens with zero attached hydrogens (tertiary/aromatic N) is 2. The fraction of sp³-hybridized carbons (Fsp3) is 0.167. The summed E-state index contributed by atoms with van der Waals surface area (Å²) in [6.07, 6.45) is 0. The quantitative estimate of drug-likeness (QED) is 0.629. The van der Waals surface area contributed by atoms with Crippen LogP contribution < -0.4 is 4.74 Å². The Hall–Kier alpha value is -1.35. The summed E-state index contributed by atoms with van der Waals surface area (Å²) in [5.41, 5.74) is 1.64. The maximum absolute atomic E-state index is 8.84. The van der Waals surface area contributed by atoms with Gasteiger partial charge in [-0.05, 0) is 18.2 Å². The number of aromatic nitrogens is 1. The van der Waals surface area contributed by atoms with Crippen LogP contribution in [-0.2, 0) is 0 Å². The highest BCUT2D eigenvalue weighted by Gasteiger charge is 2.08. The van der Waals surface area contributed by atoms with Crippen LogP contribution in [0.3, 0.4) is 0 Å². The van der Waals surface area contributed by atoms with Crippen LogP contribution >= 0.6 is 22.6 Å². The molecule has 2 aromatic rings. The number of ether oxygens (including phenoxy) is 1. The molecule has 1 unspecified atom stereocenters. The van der Waals surface area contributed by atoms with E-state index in [1.807, 2.05) is 30.3 Å². The van der Waals surface area contributed by atoms with Crippen LogP contribution in [0.15, 0.2) is 30.3 Å². The van der Waals surface area contributed by atoms with Gasteiger partial charge in [0, 0.05) is 11.5 Å². The van der Waals surface area contributed by atoms with Gasteiger partial charge in [-0.3, -0.25) is 4.98 Å². The molecule has 1 aromatic carbocycles. The molecule has 3 nitrogen and oxygen atoms in total. The largest absolute Gasteiger partial charge is 0.497 e. The Kier molecular flexibility index (Phi) is 3.25. The number of halogens is 1. The maximum Gasteiger partial charge on any atom is 0.140 e. The molecule has 1 heterocycles. The highest BCUT2D eigenvalue weighted by Crippen LogP contribution is 2.24. The van der Waals surface area contributed by atoms with E-state index in [0.717, 1.165) is 22.3 Å². The summed E-state index contributed by atoms with van der Waals surface area (Å²) >= 11 is 2.07. The first-order chi connectivity index (χ1) is 7.74. The van der Waals surface area contributed by atoms with Gasteiger partial charge in [0.05, 0.1) is 24.4 Å². The minimum Gasteiger partial charge on any atom is -0.497 e. The second-order valence-electron chi connectivity index (χ2n) is 3.29. The Morgan fingerprint density at radius 1 is 1.38 bits per heavy atom. The third-order valence-electron chi connectivity index (χ3n) is 2.29. The van der Waals surface area contributed by atoms with Crippen molar-refractivity contribution in [3.05, 3.63) is 36.0 Å². The van der Waals surface area contributed by atoms with Gasteiger partial charge in [-0.25, -0.2) is 0 Å². The van der Waals surface area contributed by atoms with E-state index in [4.69, 9.17) is 10.00 Å². The van der Waals surface area contributed by atoms with Gasteiger partial charge in [-0.1, -0.05) is 28.7 Å². The minimum atomic E-state index is -0.215. The van der Waals surface area contributed by atoms with Gasteiger partial charge in [-0.2, -0.15) is 5.26 Å². The van der Waals surface area contributed by atoms with Crippen molar-refractivity contribution in [2.24, 2.45) is 0 Å². The summed E-state index contributed by atoms with van der Waals surface area (Å²) in [4.78, 5) is 4.44. The van der Waals surface area contributed by atoms with Crippen molar-refractivity contribution in [2.45, 2.75) is 3.92 Å². The molecule has 1 aromatic heterocycles. The molecule has 0 radical (unpaired) electrons. The van der Waals surface area contributed by atoms with E-state index in [-0.39, 0.29) is 3.92 Å². The average Bonchev–Trinajstić information content (AvgIpc) is 2.36. The average molecular weight is 324 g/mol. The first-order valence-corrected chi connectivity index (χ1v) is 5.97. The lowest BCUT2D eigenvalue weighted by atomic mass is 10.2. The summed E-state index contributed by atoms with van der Waals surface area (Å²) in [7, 11) is 1.63. The van der Waals surface area contributed by atoms with Gasteiger partial charge >= 0.3 is 0 Å². The molecule has 0 amide bonds. The van der Waals surface area contributed by atoms with Gasteiger partial charge in [0.15, 0.2) is 0 Å². The number of nitriles is 1. The number of hydrogen-bond donors (Lipinski definition) is 0. The number of alkyl halides is 1. The maximum atomic E-state index is 8.84. The SMILES string of the molecule is COc1ccc2ccc(C(I)C#N)nc2c1. The van der Waals surface area contributed by atoms with Crippen molar-refractivity contribution < 1.29 is 4.74 Å². The molecule has 4 heteroatoms. The predicted molar refractivity (Wildman–Crippen MR) is 70.7 cm³/mol. The number of methoxy groups -OCH3 is 1. The summed E-state index contributed by atoms with van der Waals surface area (Å²) < 4.78 is 4.93. The van der Waals surface area contributed by atoms with Crippen molar-refractivity contribution in [3.63, 3.8) is 0 Å². The van der Waals surface area contributed by atoms with Crippen molar-refractivity contribution in [1.29, 1.82) is 5.26 Å². The number of hydrogen-bond acceptors (Lipinski definition) is 3. The Balaban J connectivity index is 2.55. The Labute approximate surface area is 107 Å². The molecule has 0 saturated heterocycles. The Morgan fingerprint density at radius 2 is 2.12 bits per heavy atom. The summed E-state index contributed by atoms with van der Waals surface area (Å²) in [5.74, 6) is 0.777. The lowest BCUT2D eigenvalue weighted by Gasteiger charge is -2.05. The molecule has 0 aliphatic carbocycles. The summed E-state index contributed by atoms with van der Waals surface area (Å²) in [6, 6.07) is 11.8. The summed E-state index contributed by atoms with van der Waals surface area (Å²) in [5, 5.41) is 9.89. The van der Waals surface area contributed by atoms with Gasteiger partial charge in [0.1, 0.15) is 9.67 Å². The van der Waals surface area contributed by atoms with E-state index >= 15 is 0 Å². The van der Waals surface area contributed by atoms with Crippen LogP contribution in [-0.4, -0.2) is 12.1 Å². The van der Waals surface area contributed by atoms with Crippen LogP contribution in [0.4, 0.5) is 0 Å². The van der Waals surface area contributed by atoms with E-state index in [1.54, 1.807) is 7.11 Å². The van der Waals surface area contributed by atoms with E-state index in [1.165, 1.54) is 0 Å². The highest BCUT2D eigenvalue weighted by atomic mass is 127. The number of rotatable bonds is 2. The molecule has 0 N–H and O–H groups in total. The standard InChI is InChI=1S/C12H9IN2O/c1-16-9-4-2-8-3-5-11(10(13)7-14)15-12(8)6-9/h2-6,10H,1H3. The number of benzene rings is 1. The van der Waals surface area contributed by atoms with Crippen molar-refractivity contribution >= 4 is 33.5 Å². The zero-order valence-electron chi connectivity index (χ0n) is 8.64. The highest BCUT2D eigenvalue weighted by molar-refractivity contribution is 14.1. The molecule has 2 rings (SSSR count). The second-order valence-corrected chi connectivity index (χ2v) is 4.53. The van der Waals surface area contributed by atoms with Crippen molar-refractivity contribution in [1.82, 2.24) is 4.98 Å². The fourth-order valence-corrected chi connectivity index (χ4v) is 1.79. The third kappa shape index (κ3) is 2.09. The van der Waals surface area contributed by atoms with Gasteiger partial charge in [-0.15, -0.1) is 0 Å². The van der Waals surface area contributed by atoms with Gasteiger partial charge in [0.2, 0.25) is 0 Å². The molecule has 0 fully saturated rings. The van der Waals surface area contributed by atoms with E-state index in [9.17, 15) is 0 Å². The van der Waals surface area contributed by atoms with Crippen LogP contribution in [0, 0.1) is 11.3 Å². The normalized spacial score (nSPS) is 12.1. The lowest BCUT2D eigenvalue weighted by molar-refractivity contribution is 0.415. The Morgan fingerprint density at radius 3 is 2.81 bits per heavy atom. The first-order valence-electron chi connectivity index (χ1n) is 4.73. The molecule has 0 aliphatic rings. The Bertz CT molecular complexity index is 562. The lowest BCUT2D eigenvalue weighted by Crippen LogP contribution is -1.92.